The standard InChI is InChI=1S/C18H24N4O3/c1-10(2)17-16(12(4)25-21-17)18(23)22-6-7-24-15(9-22)14-8-11(3)19-13(5)20-14/h8,10,15H,6-7,9H2,1-5H3/t15-/m1/s1. The van der Waals surface area contributed by atoms with Gasteiger partial charge >= 0.3 is 0 Å². The first-order valence-corrected chi connectivity index (χ1v) is 8.56. The first kappa shape index (κ1) is 17.5. The number of morpholine rings is 1. The molecule has 25 heavy (non-hydrogen) atoms. The Labute approximate surface area is 147 Å². The van der Waals surface area contributed by atoms with Crippen molar-refractivity contribution in [3.63, 3.8) is 0 Å². The van der Waals surface area contributed by atoms with Crippen molar-refractivity contribution < 1.29 is 14.1 Å². The van der Waals surface area contributed by atoms with Crippen LogP contribution < -0.4 is 0 Å². The molecular weight excluding hydrogens is 320 g/mol. The summed E-state index contributed by atoms with van der Waals surface area (Å²) in [4.78, 5) is 23.6. The Balaban J connectivity index is 1.84. The summed E-state index contributed by atoms with van der Waals surface area (Å²) in [5, 5.41) is 4.06. The van der Waals surface area contributed by atoms with Crippen LogP contribution in [-0.2, 0) is 4.74 Å². The van der Waals surface area contributed by atoms with Gasteiger partial charge in [0.1, 0.15) is 23.3 Å². The minimum Gasteiger partial charge on any atom is -0.368 e. The highest BCUT2D eigenvalue weighted by molar-refractivity contribution is 5.96. The third-order valence-electron chi connectivity index (χ3n) is 4.32. The summed E-state index contributed by atoms with van der Waals surface area (Å²) >= 11 is 0. The largest absolute Gasteiger partial charge is 0.368 e. The molecule has 0 aliphatic carbocycles. The topological polar surface area (TPSA) is 81.4 Å². The zero-order valence-corrected chi connectivity index (χ0v) is 15.4. The predicted molar refractivity (Wildman–Crippen MR) is 91.4 cm³/mol. The smallest absolute Gasteiger partial charge is 0.259 e. The Morgan fingerprint density at radius 1 is 1.28 bits per heavy atom. The maximum atomic E-state index is 13.1. The van der Waals surface area contributed by atoms with Crippen molar-refractivity contribution in [2.75, 3.05) is 19.7 Å². The van der Waals surface area contributed by atoms with E-state index in [1.807, 2.05) is 33.8 Å². The van der Waals surface area contributed by atoms with Gasteiger partial charge in [0.05, 0.1) is 24.5 Å². The minimum atomic E-state index is -0.249. The van der Waals surface area contributed by atoms with Gasteiger partial charge in [0.15, 0.2) is 0 Å². The predicted octanol–water partition coefficient (Wildman–Crippen LogP) is 2.73. The van der Waals surface area contributed by atoms with Crippen molar-refractivity contribution in [2.45, 2.75) is 46.6 Å². The van der Waals surface area contributed by atoms with Crippen LogP contribution in [0.1, 0.15) is 64.9 Å². The lowest BCUT2D eigenvalue weighted by molar-refractivity contribution is -0.0249. The second kappa shape index (κ2) is 6.92. The highest BCUT2D eigenvalue weighted by Crippen LogP contribution is 2.26. The normalized spacial score (nSPS) is 18.0. The number of rotatable bonds is 3. The van der Waals surface area contributed by atoms with E-state index in [0.717, 1.165) is 11.4 Å². The van der Waals surface area contributed by atoms with Crippen molar-refractivity contribution in [3.8, 4) is 0 Å². The van der Waals surface area contributed by atoms with Crippen molar-refractivity contribution in [1.82, 2.24) is 20.0 Å². The van der Waals surface area contributed by atoms with Gasteiger partial charge in [0.2, 0.25) is 0 Å². The molecule has 0 N–H and O–H groups in total. The first-order chi connectivity index (χ1) is 11.9. The maximum Gasteiger partial charge on any atom is 0.259 e. The molecule has 134 valence electrons. The Morgan fingerprint density at radius 3 is 2.72 bits per heavy atom. The van der Waals surface area contributed by atoms with Crippen LogP contribution in [0.5, 0.6) is 0 Å². The lowest BCUT2D eigenvalue weighted by atomic mass is 10.0. The van der Waals surface area contributed by atoms with Gasteiger partial charge in [-0.15, -0.1) is 0 Å². The monoisotopic (exact) mass is 344 g/mol. The molecule has 3 rings (SSSR count). The van der Waals surface area contributed by atoms with Crippen molar-refractivity contribution in [3.05, 3.63) is 40.3 Å². The molecule has 7 nitrogen and oxygen atoms in total. The molecule has 0 unspecified atom stereocenters. The van der Waals surface area contributed by atoms with Crippen LogP contribution in [0.15, 0.2) is 10.6 Å². The van der Waals surface area contributed by atoms with Gasteiger partial charge in [-0.05, 0) is 32.8 Å². The third kappa shape index (κ3) is 3.56. The molecular formula is C18H24N4O3. The molecule has 1 aliphatic rings. The Hall–Kier alpha value is -2.28. The molecule has 3 heterocycles. The SMILES string of the molecule is Cc1cc([C@H]2CN(C(=O)c3c(C(C)C)noc3C)CCO2)nc(C)n1. The average molecular weight is 344 g/mol. The molecule has 0 aromatic carbocycles. The number of hydrogen-bond acceptors (Lipinski definition) is 6. The fourth-order valence-electron chi connectivity index (χ4n) is 3.12. The van der Waals surface area contributed by atoms with Gasteiger partial charge in [-0.25, -0.2) is 9.97 Å². The van der Waals surface area contributed by atoms with Crippen LogP contribution in [0.2, 0.25) is 0 Å². The molecule has 7 heteroatoms. The van der Waals surface area contributed by atoms with Gasteiger partial charge in [0, 0.05) is 12.2 Å². The number of carbonyl (C=O) groups excluding carboxylic acids is 1. The molecule has 0 saturated carbocycles. The average Bonchev–Trinajstić information content (AvgIpc) is 2.95. The third-order valence-corrected chi connectivity index (χ3v) is 4.32. The van der Waals surface area contributed by atoms with Crippen LogP contribution in [-0.4, -0.2) is 45.6 Å². The van der Waals surface area contributed by atoms with E-state index in [-0.39, 0.29) is 17.9 Å². The Bertz CT molecular complexity index is 764. The summed E-state index contributed by atoms with van der Waals surface area (Å²) in [7, 11) is 0. The molecule has 1 aliphatic heterocycles. The second-order valence-electron chi connectivity index (χ2n) is 6.75. The molecule has 0 radical (unpaired) electrons. The molecule has 1 amide bonds. The molecule has 0 bridgehead atoms. The number of ether oxygens (including phenoxy) is 1. The van der Waals surface area contributed by atoms with Gasteiger partial charge in [-0.1, -0.05) is 19.0 Å². The molecule has 0 spiro atoms. The van der Waals surface area contributed by atoms with E-state index >= 15 is 0 Å². The highest BCUT2D eigenvalue weighted by atomic mass is 16.5. The van der Waals surface area contributed by atoms with E-state index < -0.39 is 0 Å². The summed E-state index contributed by atoms with van der Waals surface area (Å²) in [6.45, 7) is 11.0. The van der Waals surface area contributed by atoms with Crippen LogP contribution in [0, 0.1) is 20.8 Å². The van der Waals surface area contributed by atoms with Crippen LogP contribution in [0.25, 0.3) is 0 Å². The van der Waals surface area contributed by atoms with Crippen LogP contribution in [0.4, 0.5) is 0 Å². The minimum absolute atomic E-state index is 0.0572. The van der Waals surface area contributed by atoms with E-state index in [4.69, 9.17) is 9.26 Å². The highest BCUT2D eigenvalue weighted by Gasteiger charge is 2.31. The number of carbonyl (C=O) groups is 1. The quantitative estimate of drug-likeness (QED) is 0.851. The zero-order chi connectivity index (χ0) is 18.1. The second-order valence-corrected chi connectivity index (χ2v) is 6.75. The van der Waals surface area contributed by atoms with Crippen LogP contribution >= 0.6 is 0 Å². The molecule has 1 saturated heterocycles. The van der Waals surface area contributed by atoms with Gasteiger partial charge < -0.3 is 14.2 Å². The van der Waals surface area contributed by atoms with Crippen molar-refractivity contribution >= 4 is 5.91 Å². The lowest BCUT2D eigenvalue weighted by Crippen LogP contribution is -2.43. The van der Waals surface area contributed by atoms with Crippen LogP contribution in [0.3, 0.4) is 0 Å². The van der Waals surface area contributed by atoms with Crippen molar-refractivity contribution in [2.24, 2.45) is 0 Å². The number of hydrogen-bond donors (Lipinski definition) is 0. The molecule has 2 aromatic heterocycles. The summed E-state index contributed by atoms with van der Waals surface area (Å²) in [5.74, 6) is 1.34. The summed E-state index contributed by atoms with van der Waals surface area (Å²) in [5.41, 5.74) is 2.99. The summed E-state index contributed by atoms with van der Waals surface area (Å²) in [6.07, 6.45) is -0.249. The van der Waals surface area contributed by atoms with Crippen molar-refractivity contribution in [1.29, 1.82) is 0 Å². The number of aromatic nitrogens is 3. The molecule has 1 fully saturated rings. The Kier molecular flexibility index (Phi) is 4.85. The van der Waals surface area contributed by atoms with E-state index in [0.29, 0.717) is 42.5 Å². The number of aryl methyl sites for hydroxylation is 3. The molecule has 2 aromatic rings. The zero-order valence-electron chi connectivity index (χ0n) is 15.4. The van der Waals surface area contributed by atoms with E-state index in [1.165, 1.54) is 0 Å². The Morgan fingerprint density at radius 2 is 2.04 bits per heavy atom. The maximum absolute atomic E-state index is 13.1. The van der Waals surface area contributed by atoms with Gasteiger partial charge in [-0.2, -0.15) is 0 Å². The lowest BCUT2D eigenvalue weighted by Gasteiger charge is -2.33. The molecule has 1 atom stereocenters. The van der Waals surface area contributed by atoms with E-state index in [9.17, 15) is 4.79 Å². The number of nitrogens with zero attached hydrogens (tertiary/aromatic N) is 4. The van der Waals surface area contributed by atoms with Gasteiger partial charge in [0.25, 0.3) is 5.91 Å². The van der Waals surface area contributed by atoms with Gasteiger partial charge in [-0.3, -0.25) is 4.79 Å². The fourth-order valence-corrected chi connectivity index (χ4v) is 3.12. The first-order valence-electron chi connectivity index (χ1n) is 8.56. The summed E-state index contributed by atoms with van der Waals surface area (Å²) in [6, 6.07) is 1.91. The fraction of sp³-hybridized carbons (Fsp3) is 0.556. The number of amides is 1. The van der Waals surface area contributed by atoms with E-state index in [2.05, 4.69) is 15.1 Å². The summed E-state index contributed by atoms with van der Waals surface area (Å²) < 4.78 is 11.1. The van der Waals surface area contributed by atoms with E-state index in [1.54, 1.807) is 11.8 Å².